The third-order valence-corrected chi connectivity index (χ3v) is 1.58. The zero-order chi connectivity index (χ0) is 8.81. The van der Waals surface area contributed by atoms with Crippen LogP contribution >= 0.6 is 0 Å². The number of rotatable bonds is 3. The molecular weight excluding hydrogens is 150 g/mol. The summed E-state index contributed by atoms with van der Waals surface area (Å²) in [5.41, 5.74) is 2.43. The molecule has 2 N–H and O–H groups in total. The van der Waals surface area contributed by atoms with Gasteiger partial charge in [0.25, 0.3) is 0 Å². The Morgan fingerprint density at radius 1 is 1.33 bits per heavy atom. The molecule has 0 aromatic heterocycles. The van der Waals surface area contributed by atoms with Crippen LogP contribution in [0, 0.1) is 6.92 Å². The van der Waals surface area contributed by atoms with E-state index < -0.39 is 0 Å². The molecule has 1 aromatic rings. The van der Waals surface area contributed by atoms with Gasteiger partial charge in [-0.15, -0.1) is 0 Å². The van der Waals surface area contributed by atoms with Crippen LogP contribution in [0.3, 0.4) is 0 Å². The normalized spacial score (nSPS) is 10.8. The Labute approximate surface area is 72.6 Å². The highest BCUT2D eigenvalue weighted by Gasteiger charge is 1.84. The van der Waals surface area contributed by atoms with Crippen molar-refractivity contribution >= 4 is 6.08 Å². The zero-order valence-corrected chi connectivity index (χ0v) is 7.16. The van der Waals surface area contributed by atoms with Gasteiger partial charge in [0.2, 0.25) is 0 Å². The van der Waals surface area contributed by atoms with Crippen molar-refractivity contribution in [1.82, 2.24) is 0 Å². The maximum absolute atomic E-state index is 4.87. The Kier molecular flexibility index (Phi) is 3.51. The van der Waals surface area contributed by atoms with Crippen molar-refractivity contribution in [3.8, 4) is 0 Å². The van der Waals surface area contributed by atoms with Crippen molar-refractivity contribution in [2.45, 2.75) is 6.92 Å². The van der Waals surface area contributed by atoms with E-state index in [1.807, 2.05) is 12.2 Å². The highest BCUT2D eigenvalue weighted by Crippen LogP contribution is 2.04. The van der Waals surface area contributed by atoms with Crippen LogP contribution in [-0.4, -0.2) is 6.61 Å². The second kappa shape index (κ2) is 4.70. The second-order valence-corrected chi connectivity index (χ2v) is 2.65. The average Bonchev–Trinajstić information content (AvgIpc) is 2.09. The third-order valence-electron chi connectivity index (χ3n) is 1.58. The summed E-state index contributed by atoms with van der Waals surface area (Å²) in [7, 11) is 0. The van der Waals surface area contributed by atoms with E-state index in [9.17, 15) is 0 Å². The molecule has 0 heterocycles. The molecule has 2 nitrogen and oxygen atoms in total. The second-order valence-electron chi connectivity index (χ2n) is 2.65. The van der Waals surface area contributed by atoms with Crippen molar-refractivity contribution in [2.75, 3.05) is 6.61 Å². The molecule has 0 fully saturated rings. The van der Waals surface area contributed by atoms with Gasteiger partial charge in [-0.25, -0.2) is 5.90 Å². The Morgan fingerprint density at radius 2 is 2.00 bits per heavy atom. The predicted octanol–water partition coefficient (Wildman–Crippen LogP) is 1.90. The van der Waals surface area contributed by atoms with E-state index in [-0.39, 0.29) is 0 Å². The maximum Gasteiger partial charge on any atom is 0.0864 e. The molecule has 0 spiro atoms. The van der Waals surface area contributed by atoms with Gasteiger partial charge in [-0.05, 0) is 12.5 Å². The standard InChI is InChI=1S/C10H13NO/c1-9-4-6-10(7-5-9)3-2-8-12-11/h2-7H,8,11H2,1H3/b3-2+. The van der Waals surface area contributed by atoms with Gasteiger partial charge in [-0.1, -0.05) is 42.0 Å². The first-order valence-electron chi connectivity index (χ1n) is 3.88. The first-order chi connectivity index (χ1) is 5.83. The first kappa shape index (κ1) is 8.97. The fraction of sp³-hybridized carbons (Fsp3) is 0.200. The van der Waals surface area contributed by atoms with E-state index in [1.54, 1.807) is 0 Å². The average molecular weight is 163 g/mol. The Morgan fingerprint density at radius 3 is 2.58 bits per heavy atom. The molecule has 0 atom stereocenters. The van der Waals surface area contributed by atoms with Crippen molar-refractivity contribution in [3.63, 3.8) is 0 Å². The van der Waals surface area contributed by atoms with Gasteiger partial charge in [-0.3, -0.25) is 0 Å². The highest BCUT2D eigenvalue weighted by atomic mass is 16.6. The van der Waals surface area contributed by atoms with Crippen LogP contribution in [-0.2, 0) is 4.84 Å². The van der Waals surface area contributed by atoms with Crippen LogP contribution in [0.15, 0.2) is 30.3 Å². The topological polar surface area (TPSA) is 35.2 Å². The summed E-state index contributed by atoms with van der Waals surface area (Å²) in [4.78, 5) is 4.40. The molecule has 0 saturated heterocycles. The molecule has 12 heavy (non-hydrogen) atoms. The molecule has 0 unspecified atom stereocenters. The Hall–Kier alpha value is -1.12. The summed E-state index contributed by atoms with van der Waals surface area (Å²) in [5, 5.41) is 0. The van der Waals surface area contributed by atoms with E-state index in [4.69, 9.17) is 5.90 Å². The van der Waals surface area contributed by atoms with E-state index in [1.165, 1.54) is 5.56 Å². The van der Waals surface area contributed by atoms with E-state index >= 15 is 0 Å². The van der Waals surface area contributed by atoms with Gasteiger partial charge in [0.05, 0.1) is 6.61 Å². The first-order valence-corrected chi connectivity index (χ1v) is 3.88. The van der Waals surface area contributed by atoms with Crippen molar-refractivity contribution in [2.24, 2.45) is 5.90 Å². The van der Waals surface area contributed by atoms with Gasteiger partial charge >= 0.3 is 0 Å². The van der Waals surface area contributed by atoms with E-state index in [0.717, 1.165) is 5.56 Å². The Bertz CT molecular complexity index is 251. The lowest BCUT2D eigenvalue weighted by Crippen LogP contribution is -1.96. The van der Waals surface area contributed by atoms with Gasteiger partial charge < -0.3 is 4.84 Å². The molecule has 0 aliphatic carbocycles. The zero-order valence-electron chi connectivity index (χ0n) is 7.16. The van der Waals surface area contributed by atoms with Crippen LogP contribution in [0.2, 0.25) is 0 Å². The molecule has 0 saturated carbocycles. The van der Waals surface area contributed by atoms with Crippen molar-refractivity contribution in [3.05, 3.63) is 41.5 Å². The molecular formula is C10H13NO. The molecule has 0 aliphatic rings. The van der Waals surface area contributed by atoms with Crippen molar-refractivity contribution in [1.29, 1.82) is 0 Å². The monoisotopic (exact) mass is 163 g/mol. The molecule has 1 rings (SSSR count). The summed E-state index contributed by atoms with van der Waals surface area (Å²) in [6, 6.07) is 8.26. The maximum atomic E-state index is 4.87. The van der Waals surface area contributed by atoms with Crippen LogP contribution in [0.5, 0.6) is 0 Å². The van der Waals surface area contributed by atoms with Crippen molar-refractivity contribution < 1.29 is 4.84 Å². The molecule has 1 aromatic carbocycles. The van der Waals surface area contributed by atoms with E-state index in [2.05, 4.69) is 36.0 Å². The largest absolute Gasteiger partial charge is 0.300 e. The molecule has 0 aliphatic heterocycles. The Balaban J connectivity index is 2.58. The minimum absolute atomic E-state index is 0.452. The summed E-state index contributed by atoms with van der Waals surface area (Å²) in [5.74, 6) is 4.87. The minimum atomic E-state index is 0.452. The van der Waals surface area contributed by atoms with Crippen LogP contribution in [0.1, 0.15) is 11.1 Å². The van der Waals surface area contributed by atoms with Crippen LogP contribution in [0.4, 0.5) is 0 Å². The minimum Gasteiger partial charge on any atom is -0.300 e. The number of nitrogens with two attached hydrogens (primary N) is 1. The third kappa shape index (κ3) is 2.86. The summed E-state index contributed by atoms with van der Waals surface area (Å²) in [6.07, 6.45) is 3.86. The van der Waals surface area contributed by atoms with E-state index in [0.29, 0.717) is 6.61 Å². The molecule has 64 valence electrons. The predicted molar refractivity (Wildman–Crippen MR) is 50.4 cm³/mol. The summed E-state index contributed by atoms with van der Waals surface area (Å²) < 4.78 is 0. The summed E-state index contributed by atoms with van der Waals surface area (Å²) >= 11 is 0. The lowest BCUT2D eigenvalue weighted by Gasteiger charge is -1.94. The molecule has 0 amide bonds. The van der Waals surface area contributed by atoms with Gasteiger partial charge in [0.1, 0.15) is 0 Å². The number of aryl methyl sites for hydroxylation is 1. The molecule has 0 bridgehead atoms. The quantitative estimate of drug-likeness (QED) is 0.691. The molecule has 2 heteroatoms. The lowest BCUT2D eigenvalue weighted by atomic mass is 10.1. The van der Waals surface area contributed by atoms with Gasteiger partial charge in [-0.2, -0.15) is 0 Å². The number of hydrogen-bond acceptors (Lipinski definition) is 2. The van der Waals surface area contributed by atoms with Crippen LogP contribution < -0.4 is 5.90 Å². The SMILES string of the molecule is Cc1ccc(/C=C/CON)cc1. The lowest BCUT2D eigenvalue weighted by molar-refractivity contribution is 0.168. The molecule has 0 radical (unpaired) electrons. The summed E-state index contributed by atoms with van der Waals surface area (Å²) in [6.45, 7) is 2.52. The fourth-order valence-corrected chi connectivity index (χ4v) is 0.917. The number of hydrogen-bond donors (Lipinski definition) is 1. The number of benzene rings is 1. The van der Waals surface area contributed by atoms with Crippen LogP contribution in [0.25, 0.3) is 6.08 Å². The highest BCUT2D eigenvalue weighted by molar-refractivity contribution is 5.49. The van der Waals surface area contributed by atoms with Gasteiger partial charge in [0.15, 0.2) is 0 Å². The fourth-order valence-electron chi connectivity index (χ4n) is 0.917. The van der Waals surface area contributed by atoms with Gasteiger partial charge in [0, 0.05) is 0 Å². The smallest absolute Gasteiger partial charge is 0.0864 e.